The van der Waals surface area contributed by atoms with Crippen LogP contribution >= 0.6 is 22.9 Å². The Balaban J connectivity index is 1.76. The number of halogens is 1. The fourth-order valence-electron chi connectivity index (χ4n) is 2.49. The van der Waals surface area contributed by atoms with Crippen molar-refractivity contribution in [1.29, 1.82) is 0 Å². The lowest BCUT2D eigenvalue weighted by Crippen LogP contribution is -2.16. The summed E-state index contributed by atoms with van der Waals surface area (Å²) in [5.41, 5.74) is -0.713. The maximum absolute atomic E-state index is 13.2. The quantitative estimate of drug-likeness (QED) is 0.554. The average Bonchev–Trinajstić information content (AvgIpc) is 3.51. The van der Waals surface area contributed by atoms with Gasteiger partial charge in [0.05, 0.1) is 7.62 Å². The number of rotatable bonds is 6. The molecule has 1 N–H and O–H groups in total. The smallest absolute Gasteiger partial charge is 0.265 e. The third-order valence-corrected chi connectivity index (χ3v) is 6.71. The van der Waals surface area contributed by atoms with Gasteiger partial charge in [-0.2, -0.15) is 0 Å². The second kappa shape index (κ2) is 7.36. The number of fused-ring (bicyclic) bond motifs is 1. The van der Waals surface area contributed by atoms with Crippen LogP contribution in [-0.4, -0.2) is 26.2 Å². The van der Waals surface area contributed by atoms with Crippen molar-refractivity contribution in [3.8, 4) is 11.5 Å². The van der Waals surface area contributed by atoms with Gasteiger partial charge in [-0.1, -0.05) is 16.8 Å². The zero-order chi connectivity index (χ0) is 25.9. The second-order valence-electron chi connectivity index (χ2n) is 5.84. The summed E-state index contributed by atoms with van der Waals surface area (Å²) in [5, 5.41) is 4.62. The fraction of sp³-hybridized carbons (Fsp3) is 0.222. The molecule has 0 atom stereocenters. The van der Waals surface area contributed by atoms with Crippen LogP contribution in [0.1, 0.15) is 33.3 Å². The molecule has 0 aliphatic carbocycles. The van der Waals surface area contributed by atoms with Crippen LogP contribution < -0.4 is 14.2 Å². The molecule has 0 saturated heterocycles. The van der Waals surface area contributed by atoms with Gasteiger partial charge in [-0.15, -0.1) is 11.3 Å². The van der Waals surface area contributed by atoms with Gasteiger partial charge in [0.2, 0.25) is 6.79 Å². The van der Waals surface area contributed by atoms with Crippen molar-refractivity contribution in [3.05, 3.63) is 50.3 Å². The van der Waals surface area contributed by atoms with Gasteiger partial charge < -0.3 is 14.0 Å². The van der Waals surface area contributed by atoms with E-state index in [0.29, 0.717) is 0 Å². The normalized spacial score (nSPS) is 16.3. The molecule has 0 spiro atoms. The molecule has 1 aromatic carbocycles. The summed E-state index contributed by atoms with van der Waals surface area (Å²) in [6.07, 6.45) is -0.710. The fourth-order valence-corrected chi connectivity index (χ4v) is 4.96. The van der Waals surface area contributed by atoms with Gasteiger partial charge in [-0.05, 0) is 48.4 Å². The van der Waals surface area contributed by atoms with E-state index in [4.69, 9.17) is 33.9 Å². The molecular formula is C18H15ClN2O6S2. The minimum Gasteiger partial charge on any atom is -0.454 e. The molecule has 4 rings (SSSR count). The van der Waals surface area contributed by atoms with Crippen molar-refractivity contribution >= 4 is 44.6 Å². The molecule has 0 unspecified atom stereocenters. The zero-order valence-electron chi connectivity index (χ0n) is 20.6. The Hall–Kier alpha value is -2.56. The number of hydrogen-bond acceptors (Lipinski definition) is 8. The number of carbonyl (C=O) groups excluding carboxylic acids is 1. The lowest BCUT2D eigenvalue weighted by molar-refractivity contribution is 0.0994. The Morgan fingerprint density at radius 2 is 2.21 bits per heavy atom. The summed E-state index contributed by atoms with van der Waals surface area (Å²) in [4.78, 5) is 12.4. The molecule has 8 nitrogen and oxygen atoms in total. The highest BCUT2D eigenvalue weighted by Crippen LogP contribution is 2.36. The number of sulfonamides is 1. The maximum Gasteiger partial charge on any atom is 0.265 e. The second-order valence-corrected chi connectivity index (χ2v) is 8.70. The first-order valence-electron chi connectivity index (χ1n) is 10.9. The predicted molar refractivity (Wildman–Crippen MR) is 107 cm³/mol. The van der Waals surface area contributed by atoms with Gasteiger partial charge in [0.1, 0.15) is 15.6 Å². The molecule has 11 heteroatoms. The van der Waals surface area contributed by atoms with Crippen LogP contribution in [0.4, 0.5) is 5.88 Å². The van der Waals surface area contributed by atoms with Gasteiger partial charge in [-0.25, -0.2) is 13.1 Å². The van der Waals surface area contributed by atoms with Gasteiger partial charge in [-0.3, -0.25) is 4.79 Å². The first-order chi connectivity index (χ1) is 16.3. The van der Waals surface area contributed by atoms with E-state index < -0.39 is 57.5 Å². The highest BCUT2D eigenvalue weighted by Gasteiger charge is 2.27. The third kappa shape index (κ3) is 3.70. The standard InChI is InChI=1S/C18H15ClN2O6S2/c1-9-5-13-14(26-8-25-13)7-11(9)6-12(22)17-15(3-4-28-17)29(23,24)21-18-16(19)10(2)20-27-18/h3-5,7,21H,6,8H2,1-2H3/i1D3,5D,7D/hD. The molecular weight excluding hydrogens is 440 g/mol. The van der Waals surface area contributed by atoms with Crippen LogP contribution in [0.15, 0.2) is 32.9 Å². The summed E-state index contributed by atoms with van der Waals surface area (Å²) in [6.45, 7) is -1.74. The van der Waals surface area contributed by atoms with E-state index in [1.165, 1.54) is 12.3 Å². The molecule has 3 heterocycles. The summed E-state index contributed by atoms with van der Waals surface area (Å²) < 4.78 is 89.4. The Morgan fingerprint density at radius 3 is 2.90 bits per heavy atom. The topological polar surface area (TPSA) is 108 Å². The van der Waals surface area contributed by atoms with Crippen molar-refractivity contribution in [2.45, 2.75) is 25.1 Å². The van der Waals surface area contributed by atoms with Crippen molar-refractivity contribution < 1.29 is 35.5 Å². The molecule has 2 aromatic heterocycles. The number of ketones is 1. The van der Waals surface area contributed by atoms with Gasteiger partial charge in [0.25, 0.3) is 15.9 Å². The van der Waals surface area contributed by atoms with Crippen LogP contribution in [0, 0.1) is 13.8 Å². The Labute approximate surface area is 183 Å². The number of benzene rings is 1. The average molecular weight is 461 g/mol. The summed E-state index contributed by atoms with van der Waals surface area (Å²) in [5.74, 6) is -1.79. The monoisotopic (exact) mass is 460 g/mol. The Morgan fingerprint density at radius 1 is 1.45 bits per heavy atom. The molecule has 0 radical (unpaired) electrons. The lowest BCUT2D eigenvalue weighted by atomic mass is 10.0. The van der Waals surface area contributed by atoms with E-state index in [1.807, 2.05) is 0 Å². The minimum atomic E-state index is -4.66. The van der Waals surface area contributed by atoms with E-state index >= 15 is 0 Å². The summed E-state index contributed by atoms with van der Waals surface area (Å²) in [7, 11) is -4.66. The Kier molecular flexibility index (Phi) is 3.46. The van der Waals surface area contributed by atoms with Crippen molar-refractivity contribution in [1.82, 2.24) is 5.16 Å². The van der Waals surface area contributed by atoms with E-state index in [0.717, 1.165) is 17.4 Å². The molecule has 1 aliphatic heterocycles. The number of ether oxygens (including phenoxy) is 2. The predicted octanol–water partition coefficient (Wildman–Crippen LogP) is 3.96. The highest BCUT2D eigenvalue weighted by molar-refractivity contribution is 7.93. The van der Waals surface area contributed by atoms with Crippen LogP contribution in [0.3, 0.4) is 0 Å². The van der Waals surface area contributed by atoms with Crippen LogP contribution in [-0.2, 0) is 16.4 Å². The minimum absolute atomic E-state index is 0.000426. The summed E-state index contributed by atoms with van der Waals surface area (Å²) >= 11 is 6.71. The molecule has 0 saturated carbocycles. The first kappa shape index (κ1) is 13.6. The number of aromatic nitrogens is 1. The number of aryl methyl sites for hydroxylation is 1. The first-order valence-corrected chi connectivity index (χ1v) is 10.6. The largest absolute Gasteiger partial charge is 0.454 e. The molecule has 0 amide bonds. The number of nitrogens with zero attached hydrogens (tertiary/aromatic N) is 1. The van der Waals surface area contributed by atoms with Crippen molar-refractivity contribution in [2.75, 3.05) is 11.5 Å². The number of nitrogens with one attached hydrogen (secondary N) is 1. The number of hydrogen-bond donors (Lipinski definition) is 1. The molecule has 152 valence electrons. The van der Waals surface area contributed by atoms with Crippen molar-refractivity contribution in [3.63, 3.8) is 0 Å². The van der Waals surface area contributed by atoms with E-state index in [1.54, 1.807) is 0 Å². The lowest BCUT2D eigenvalue weighted by Gasteiger charge is -2.09. The molecule has 1 aliphatic rings. The number of Topliss-reactive ketones (excluding diaryl/α,β-unsaturated/α-hetero) is 1. The SMILES string of the molecule is [2H]c1c(CC(=O)c2sccc2S(=O)(=O)N([2H])c2onc(C)c2Cl)c(C([2H])([2H])[2H])c([2H])c2c1OCO2. The number of thiophene rings is 1. The van der Waals surface area contributed by atoms with E-state index in [-0.39, 0.29) is 44.2 Å². The third-order valence-electron chi connectivity index (χ3n) is 3.89. The van der Waals surface area contributed by atoms with Crippen LogP contribution in [0.5, 0.6) is 11.5 Å². The molecule has 29 heavy (non-hydrogen) atoms. The van der Waals surface area contributed by atoms with Crippen LogP contribution in [0.25, 0.3) is 0 Å². The zero-order valence-corrected chi connectivity index (χ0v) is 17.0. The number of carbonyl (C=O) groups is 1. The highest BCUT2D eigenvalue weighted by atomic mass is 35.5. The summed E-state index contributed by atoms with van der Waals surface area (Å²) in [6, 6.07) is 0.122. The van der Waals surface area contributed by atoms with Crippen LogP contribution in [0.2, 0.25) is 6.43 Å². The Bertz CT molecular complexity index is 1450. The maximum atomic E-state index is 13.2. The van der Waals surface area contributed by atoms with Crippen molar-refractivity contribution in [2.24, 2.45) is 0 Å². The van der Waals surface area contributed by atoms with Gasteiger partial charge in [0.15, 0.2) is 18.7 Å². The molecule has 0 fully saturated rings. The van der Waals surface area contributed by atoms with Gasteiger partial charge in [0, 0.05) is 10.5 Å². The number of anilines is 1. The van der Waals surface area contributed by atoms with E-state index in [2.05, 4.69) is 5.16 Å². The molecule has 3 aromatic rings. The molecule has 0 bridgehead atoms. The van der Waals surface area contributed by atoms with Gasteiger partial charge >= 0.3 is 0 Å². The van der Waals surface area contributed by atoms with E-state index in [9.17, 15) is 13.2 Å².